The molecule has 1 unspecified atom stereocenters. The van der Waals surface area contributed by atoms with Crippen LogP contribution in [-0.2, 0) is 0 Å². The second-order valence-corrected chi connectivity index (χ2v) is 3.13. The lowest BCUT2D eigenvalue weighted by molar-refractivity contribution is 0.581. The van der Waals surface area contributed by atoms with Crippen molar-refractivity contribution in [3.8, 4) is 0 Å². The molecule has 0 bridgehead atoms. The van der Waals surface area contributed by atoms with E-state index in [9.17, 15) is 0 Å². The van der Waals surface area contributed by atoms with E-state index in [4.69, 9.17) is 5.73 Å². The maximum atomic E-state index is 5.50. The average Bonchev–Trinajstić information content (AvgIpc) is 2.07. The highest BCUT2D eigenvalue weighted by atomic mass is 14.5. The van der Waals surface area contributed by atoms with Crippen LogP contribution in [0.2, 0.25) is 0 Å². The minimum Gasteiger partial charge on any atom is -0.327 e. The minimum atomic E-state index is 0.690. The molecule has 0 saturated heterocycles. The van der Waals surface area contributed by atoms with Crippen molar-refractivity contribution < 1.29 is 0 Å². The number of nitrogens with two attached hydrogens (primary N) is 1. The summed E-state index contributed by atoms with van der Waals surface area (Å²) in [5.41, 5.74) is 6.79. The summed E-state index contributed by atoms with van der Waals surface area (Å²) in [6.45, 7) is 2.92. The second kappa shape index (κ2) is 4.35. The molecule has 0 aliphatic heterocycles. The van der Waals surface area contributed by atoms with Crippen LogP contribution in [0.1, 0.15) is 26.2 Å². The second-order valence-electron chi connectivity index (χ2n) is 3.13. The fourth-order valence-corrected chi connectivity index (χ4v) is 1.45. The highest BCUT2D eigenvalue weighted by Crippen LogP contribution is 2.19. The Kier molecular flexibility index (Phi) is 3.37. The zero-order valence-corrected chi connectivity index (χ0v) is 7.22. The molecule has 0 spiro atoms. The van der Waals surface area contributed by atoms with Crippen LogP contribution >= 0.6 is 0 Å². The summed E-state index contributed by atoms with van der Waals surface area (Å²) in [6, 6.07) is 0. The predicted molar refractivity (Wildman–Crippen MR) is 49.3 cm³/mol. The fourth-order valence-electron chi connectivity index (χ4n) is 1.45. The lowest BCUT2D eigenvalue weighted by Crippen LogP contribution is -2.06. The Morgan fingerprint density at radius 3 is 2.91 bits per heavy atom. The van der Waals surface area contributed by atoms with Gasteiger partial charge in [-0.25, -0.2) is 0 Å². The third-order valence-electron chi connectivity index (χ3n) is 2.16. The van der Waals surface area contributed by atoms with Gasteiger partial charge in [-0.15, -0.1) is 0 Å². The van der Waals surface area contributed by atoms with Gasteiger partial charge in [-0.3, -0.25) is 0 Å². The Balaban J connectivity index is 2.37. The van der Waals surface area contributed by atoms with Crippen LogP contribution < -0.4 is 5.73 Å². The maximum Gasteiger partial charge on any atom is 0.0174 e. The predicted octanol–water partition coefficient (Wildman–Crippen LogP) is 2.25. The van der Waals surface area contributed by atoms with Gasteiger partial charge >= 0.3 is 0 Å². The summed E-state index contributed by atoms with van der Waals surface area (Å²) < 4.78 is 0. The van der Waals surface area contributed by atoms with E-state index in [2.05, 4.69) is 25.2 Å². The van der Waals surface area contributed by atoms with Crippen molar-refractivity contribution in [1.82, 2.24) is 0 Å². The van der Waals surface area contributed by atoms with E-state index in [1.807, 2.05) is 0 Å². The lowest BCUT2D eigenvalue weighted by atomic mass is 9.93. The molecule has 1 heteroatoms. The van der Waals surface area contributed by atoms with E-state index in [-0.39, 0.29) is 0 Å². The molecule has 0 saturated carbocycles. The largest absolute Gasteiger partial charge is 0.327 e. The first-order valence-corrected chi connectivity index (χ1v) is 4.44. The molecule has 0 aromatic heterocycles. The van der Waals surface area contributed by atoms with E-state index in [1.54, 1.807) is 0 Å². The molecule has 1 nitrogen and oxygen atoms in total. The third-order valence-corrected chi connectivity index (χ3v) is 2.16. The van der Waals surface area contributed by atoms with Crippen molar-refractivity contribution >= 4 is 0 Å². The van der Waals surface area contributed by atoms with Crippen molar-refractivity contribution in [2.75, 3.05) is 6.54 Å². The standard InChI is InChI=1S/C10H17N/c1-2-3-9-4-6-10(8-11)7-5-9/h4,6-7,9H,2-3,5,8,11H2,1H3. The monoisotopic (exact) mass is 151 g/mol. The first-order valence-electron chi connectivity index (χ1n) is 4.44. The zero-order chi connectivity index (χ0) is 8.10. The van der Waals surface area contributed by atoms with E-state index in [0.717, 1.165) is 5.92 Å². The molecule has 0 amide bonds. The van der Waals surface area contributed by atoms with Crippen LogP contribution in [0.5, 0.6) is 0 Å². The highest BCUT2D eigenvalue weighted by molar-refractivity contribution is 5.24. The Bertz CT molecular complexity index is 168. The molecule has 0 radical (unpaired) electrons. The van der Waals surface area contributed by atoms with E-state index in [1.165, 1.54) is 24.8 Å². The Morgan fingerprint density at radius 2 is 2.45 bits per heavy atom. The van der Waals surface area contributed by atoms with Crippen LogP contribution in [-0.4, -0.2) is 6.54 Å². The smallest absolute Gasteiger partial charge is 0.0174 e. The lowest BCUT2D eigenvalue weighted by Gasteiger charge is -2.13. The van der Waals surface area contributed by atoms with E-state index in [0.29, 0.717) is 6.54 Å². The molecule has 0 heterocycles. The first kappa shape index (κ1) is 8.54. The SMILES string of the molecule is CCCC1C=CC(CN)=CC1. The molecule has 1 rings (SSSR count). The van der Waals surface area contributed by atoms with Gasteiger partial charge in [-0.2, -0.15) is 0 Å². The summed E-state index contributed by atoms with van der Waals surface area (Å²) in [4.78, 5) is 0. The Hall–Kier alpha value is -0.560. The molecule has 1 aliphatic rings. The maximum absolute atomic E-state index is 5.50. The van der Waals surface area contributed by atoms with Crippen LogP contribution in [0.25, 0.3) is 0 Å². The van der Waals surface area contributed by atoms with Gasteiger partial charge in [0.2, 0.25) is 0 Å². The molecular formula is C10H17N. The quantitative estimate of drug-likeness (QED) is 0.657. The average molecular weight is 151 g/mol. The van der Waals surface area contributed by atoms with Crippen molar-refractivity contribution in [1.29, 1.82) is 0 Å². The van der Waals surface area contributed by atoms with Gasteiger partial charge < -0.3 is 5.73 Å². The molecule has 0 fully saturated rings. The van der Waals surface area contributed by atoms with Crippen molar-refractivity contribution in [3.63, 3.8) is 0 Å². The topological polar surface area (TPSA) is 26.0 Å². The highest BCUT2D eigenvalue weighted by Gasteiger charge is 2.05. The molecule has 0 aromatic carbocycles. The van der Waals surface area contributed by atoms with Gasteiger partial charge in [0.15, 0.2) is 0 Å². The van der Waals surface area contributed by atoms with Gasteiger partial charge in [0, 0.05) is 6.54 Å². The van der Waals surface area contributed by atoms with Crippen molar-refractivity contribution in [2.24, 2.45) is 11.7 Å². The fraction of sp³-hybridized carbons (Fsp3) is 0.600. The molecule has 2 N–H and O–H groups in total. The molecule has 1 aliphatic carbocycles. The Labute approximate surface area is 69.0 Å². The first-order chi connectivity index (χ1) is 5.36. The van der Waals surface area contributed by atoms with Crippen molar-refractivity contribution in [3.05, 3.63) is 23.8 Å². The van der Waals surface area contributed by atoms with Gasteiger partial charge in [-0.1, -0.05) is 31.6 Å². The van der Waals surface area contributed by atoms with Crippen LogP contribution in [0.4, 0.5) is 0 Å². The molecular weight excluding hydrogens is 134 g/mol. The molecule has 62 valence electrons. The normalized spacial score (nSPS) is 23.5. The third kappa shape index (κ3) is 2.51. The summed E-state index contributed by atoms with van der Waals surface area (Å²) >= 11 is 0. The van der Waals surface area contributed by atoms with Crippen molar-refractivity contribution in [2.45, 2.75) is 26.2 Å². The van der Waals surface area contributed by atoms with Gasteiger partial charge in [-0.05, 0) is 24.3 Å². The van der Waals surface area contributed by atoms with E-state index < -0.39 is 0 Å². The van der Waals surface area contributed by atoms with Gasteiger partial charge in [0.25, 0.3) is 0 Å². The summed E-state index contributed by atoms with van der Waals surface area (Å²) in [5.74, 6) is 0.773. The van der Waals surface area contributed by atoms with Gasteiger partial charge in [0.1, 0.15) is 0 Å². The Morgan fingerprint density at radius 1 is 1.64 bits per heavy atom. The number of rotatable bonds is 3. The zero-order valence-electron chi connectivity index (χ0n) is 7.22. The van der Waals surface area contributed by atoms with Gasteiger partial charge in [0.05, 0.1) is 0 Å². The summed E-state index contributed by atoms with van der Waals surface area (Å²) in [7, 11) is 0. The van der Waals surface area contributed by atoms with E-state index >= 15 is 0 Å². The van der Waals surface area contributed by atoms with Crippen LogP contribution in [0.3, 0.4) is 0 Å². The molecule has 0 aromatic rings. The molecule has 1 atom stereocenters. The summed E-state index contributed by atoms with van der Waals surface area (Å²) in [5, 5.41) is 0. The summed E-state index contributed by atoms with van der Waals surface area (Å²) in [6.07, 6.45) is 10.5. The molecule has 11 heavy (non-hydrogen) atoms. The number of hydrogen-bond donors (Lipinski definition) is 1. The number of hydrogen-bond acceptors (Lipinski definition) is 1. The minimum absolute atomic E-state index is 0.690. The number of allylic oxidation sites excluding steroid dienone is 2. The van der Waals surface area contributed by atoms with Crippen LogP contribution in [0.15, 0.2) is 23.8 Å². The van der Waals surface area contributed by atoms with Crippen LogP contribution in [0, 0.1) is 5.92 Å².